The first kappa shape index (κ1) is 12.4. The largest absolute Gasteiger partial charge is 0.473 e. The third-order valence-electron chi connectivity index (χ3n) is 2.50. The first-order chi connectivity index (χ1) is 8.66. The fraction of sp³-hybridized carbons (Fsp3) is 0.385. The van der Waals surface area contributed by atoms with Crippen LogP contribution in [0.3, 0.4) is 0 Å². The van der Waals surface area contributed by atoms with Crippen LogP contribution >= 0.6 is 0 Å². The Morgan fingerprint density at radius 2 is 2.22 bits per heavy atom. The van der Waals surface area contributed by atoms with Crippen LogP contribution in [0.5, 0.6) is 5.88 Å². The van der Waals surface area contributed by atoms with Crippen molar-refractivity contribution in [2.75, 3.05) is 5.32 Å². The van der Waals surface area contributed by atoms with Crippen LogP contribution in [-0.2, 0) is 6.54 Å². The van der Waals surface area contributed by atoms with Crippen LogP contribution in [0.25, 0.3) is 0 Å². The third kappa shape index (κ3) is 3.00. The van der Waals surface area contributed by atoms with Gasteiger partial charge in [-0.05, 0) is 32.9 Å². The van der Waals surface area contributed by atoms with Gasteiger partial charge in [-0.3, -0.25) is 0 Å². The van der Waals surface area contributed by atoms with E-state index in [1.807, 2.05) is 32.9 Å². The summed E-state index contributed by atoms with van der Waals surface area (Å²) in [4.78, 5) is 11.5. The Labute approximate surface area is 107 Å². The van der Waals surface area contributed by atoms with Crippen molar-refractivity contribution < 1.29 is 4.74 Å². The van der Waals surface area contributed by atoms with Crippen LogP contribution in [0.2, 0.25) is 0 Å². The van der Waals surface area contributed by atoms with Gasteiger partial charge in [-0.15, -0.1) is 0 Å². The number of pyridine rings is 1. The minimum Gasteiger partial charge on any atom is -0.473 e. The number of hydrogen-bond donors (Lipinski definition) is 2. The molecule has 0 amide bonds. The van der Waals surface area contributed by atoms with Gasteiger partial charge in [0.2, 0.25) is 5.88 Å². The molecule has 5 heteroatoms. The summed E-state index contributed by atoms with van der Waals surface area (Å²) in [5.41, 5.74) is 2.95. The molecule has 18 heavy (non-hydrogen) atoms. The number of nitrogens with one attached hydrogen (secondary N) is 2. The molecule has 0 aliphatic rings. The van der Waals surface area contributed by atoms with E-state index in [1.54, 1.807) is 12.5 Å². The highest BCUT2D eigenvalue weighted by atomic mass is 16.5. The summed E-state index contributed by atoms with van der Waals surface area (Å²) < 4.78 is 5.64. The molecule has 0 aliphatic carbocycles. The van der Waals surface area contributed by atoms with Gasteiger partial charge in [0.25, 0.3) is 0 Å². The molecule has 0 aromatic carbocycles. The van der Waals surface area contributed by atoms with Crippen molar-refractivity contribution >= 4 is 5.69 Å². The predicted octanol–water partition coefficient (Wildman–Crippen LogP) is 2.51. The molecule has 2 N–H and O–H groups in total. The average Bonchev–Trinajstić information content (AvgIpc) is 2.73. The fourth-order valence-electron chi connectivity index (χ4n) is 1.59. The zero-order chi connectivity index (χ0) is 13.0. The molecule has 0 radical (unpaired) electrons. The summed E-state index contributed by atoms with van der Waals surface area (Å²) in [6, 6.07) is 3.83. The molecule has 96 valence electrons. The number of hydrogen-bond acceptors (Lipinski definition) is 4. The molecule has 0 bridgehead atoms. The second-order valence-corrected chi connectivity index (χ2v) is 4.35. The molecule has 0 fully saturated rings. The Morgan fingerprint density at radius 3 is 2.89 bits per heavy atom. The maximum Gasteiger partial charge on any atom is 0.237 e. The van der Waals surface area contributed by atoms with Crippen molar-refractivity contribution in [3.63, 3.8) is 0 Å². The van der Waals surface area contributed by atoms with Gasteiger partial charge >= 0.3 is 0 Å². The summed E-state index contributed by atoms with van der Waals surface area (Å²) in [5, 5.41) is 3.29. The van der Waals surface area contributed by atoms with E-state index >= 15 is 0 Å². The van der Waals surface area contributed by atoms with Crippen LogP contribution in [0.15, 0.2) is 24.7 Å². The summed E-state index contributed by atoms with van der Waals surface area (Å²) in [6.45, 7) is 6.61. The van der Waals surface area contributed by atoms with E-state index in [1.165, 1.54) is 0 Å². The number of rotatable bonds is 5. The lowest BCUT2D eigenvalue weighted by Crippen LogP contribution is -2.10. The van der Waals surface area contributed by atoms with Gasteiger partial charge in [-0.25, -0.2) is 9.97 Å². The van der Waals surface area contributed by atoms with Crippen molar-refractivity contribution in [2.24, 2.45) is 0 Å². The Hall–Kier alpha value is -2.04. The zero-order valence-corrected chi connectivity index (χ0v) is 10.9. The maximum atomic E-state index is 5.64. The number of imidazole rings is 1. The molecule has 0 aliphatic heterocycles. The number of ether oxygens (including phenoxy) is 1. The lowest BCUT2D eigenvalue weighted by Gasteiger charge is -2.13. The highest BCUT2D eigenvalue weighted by Gasteiger charge is 2.07. The van der Waals surface area contributed by atoms with Gasteiger partial charge in [0.1, 0.15) is 0 Å². The summed E-state index contributed by atoms with van der Waals surface area (Å²) in [6.07, 6.45) is 3.52. The Kier molecular flexibility index (Phi) is 3.82. The second-order valence-electron chi connectivity index (χ2n) is 4.35. The fourth-order valence-corrected chi connectivity index (χ4v) is 1.59. The van der Waals surface area contributed by atoms with E-state index in [4.69, 9.17) is 4.74 Å². The first-order valence-corrected chi connectivity index (χ1v) is 6.01. The minimum absolute atomic E-state index is 0.104. The molecular formula is C13H18N4O. The normalized spacial score (nSPS) is 10.7. The number of H-pyrrole nitrogens is 1. The lowest BCUT2D eigenvalue weighted by molar-refractivity contribution is 0.234. The first-order valence-electron chi connectivity index (χ1n) is 6.01. The number of aromatic amines is 1. The predicted molar refractivity (Wildman–Crippen MR) is 70.7 cm³/mol. The summed E-state index contributed by atoms with van der Waals surface area (Å²) in [7, 11) is 0. The highest BCUT2D eigenvalue weighted by Crippen LogP contribution is 2.22. The van der Waals surface area contributed by atoms with E-state index in [-0.39, 0.29) is 6.10 Å². The van der Waals surface area contributed by atoms with Crippen molar-refractivity contribution in [1.29, 1.82) is 0 Å². The Balaban J connectivity index is 2.07. The van der Waals surface area contributed by atoms with Gasteiger partial charge in [0.05, 0.1) is 30.4 Å². The van der Waals surface area contributed by atoms with E-state index in [2.05, 4.69) is 20.3 Å². The summed E-state index contributed by atoms with van der Waals surface area (Å²) >= 11 is 0. The average molecular weight is 246 g/mol. The van der Waals surface area contributed by atoms with Gasteiger partial charge in [-0.2, -0.15) is 0 Å². The van der Waals surface area contributed by atoms with E-state index in [9.17, 15) is 0 Å². The third-order valence-corrected chi connectivity index (χ3v) is 2.50. The minimum atomic E-state index is 0.104. The standard InChI is InChI=1S/C13H18N4O/c1-9(2)18-13-11(5-4-6-14-13)15-7-12-10(3)16-8-17-12/h4-6,8-9,15H,7H2,1-3H3,(H,16,17). The molecule has 0 spiro atoms. The van der Waals surface area contributed by atoms with Crippen molar-refractivity contribution in [1.82, 2.24) is 15.0 Å². The van der Waals surface area contributed by atoms with Gasteiger partial charge in [0, 0.05) is 11.9 Å². The van der Waals surface area contributed by atoms with Gasteiger partial charge in [-0.1, -0.05) is 0 Å². The molecule has 2 aromatic heterocycles. The molecule has 2 aromatic rings. The van der Waals surface area contributed by atoms with Crippen LogP contribution < -0.4 is 10.1 Å². The van der Waals surface area contributed by atoms with Gasteiger partial charge < -0.3 is 15.0 Å². The molecule has 0 saturated carbocycles. The number of aryl methyl sites for hydroxylation is 1. The van der Waals surface area contributed by atoms with E-state index < -0.39 is 0 Å². The molecule has 5 nitrogen and oxygen atoms in total. The molecule has 0 atom stereocenters. The molecular weight excluding hydrogens is 228 g/mol. The summed E-state index contributed by atoms with van der Waals surface area (Å²) in [5.74, 6) is 0.626. The number of anilines is 1. The van der Waals surface area contributed by atoms with Crippen molar-refractivity contribution in [3.05, 3.63) is 36.0 Å². The van der Waals surface area contributed by atoms with E-state index in [0.29, 0.717) is 12.4 Å². The molecule has 2 rings (SSSR count). The SMILES string of the molecule is Cc1[nH]cnc1CNc1cccnc1OC(C)C. The topological polar surface area (TPSA) is 62.8 Å². The van der Waals surface area contributed by atoms with E-state index in [0.717, 1.165) is 17.1 Å². The van der Waals surface area contributed by atoms with Crippen LogP contribution in [0.1, 0.15) is 25.2 Å². The quantitative estimate of drug-likeness (QED) is 0.851. The van der Waals surface area contributed by atoms with Crippen molar-refractivity contribution in [3.8, 4) is 5.88 Å². The van der Waals surface area contributed by atoms with Crippen LogP contribution in [0, 0.1) is 6.92 Å². The Morgan fingerprint density at radius 1 is 1.39 bits per heavy atom. The maximum absolute atomic E-state index is 5.64. The number of aromatic nitrogens is 3. The molecule has 0 saturated heterocycles. The highest BCUT2D eigenvalue weighted by molar-refractivity contribution is 5.52. The van der Waals surface area contributed by atoms with Crippen LogP contribution in [-0.4, -0.2) is 21.1 Å². The van der Waals surface area contributed by atoms with Crippen molar-refractivity contribution in [2.45, 2.75) is 33.4 Å². The smallest absolute Gasteiger partial charge is 0.237 e. The second kappa shape index (κ2) is 5.53. The molecule has 2 heterocycles. The number of nitrogens with zero attached hydrogens (tertiary/aromatic N) is 2. The lowest BCUT2D eigenvalue weighted by atomic mass is 10.3. The monoisotopic (exact) mass is 246 g/mol. The molecule has 0 unspecified atom stereocenters. The zero-order valence-electron chi connectivity index (χ0n) is 10.9. The Bertz CT molecular complexity index is 507. The van der Waals surface area contributed by atoms with Crippen LogP contribution in [0.4, 0.5) is 5.69 Å². The van der Waals surface area contributed by atoms with Gasteiger partial charge in [0.15, 0.2) is 0 Å².